The second-order valence-corrected chi connectivity index (χ2v) is 18.8. The minimum absolute atomic E-state index is 0.630. The first-order valence-electron chi connectivity index (χ1n) is 20.8. The number of benzene rings is 1. The number of rotatable bonds is 26. The van der Waals surface area contributed by atoms with Gasteiger partial charge in [-0.2, -0.15) is 0 Å². The van der Waals surface area contributed by atoms with E-state index in [2.05, 4.69) is 103 Å². The summed E-state index contributed by atoms with van der Waals surface area (Å²) in [5, 5.41) is 4.21. The van der Waals surface area contributed by atoms with E-state index in [1.54, 1.807) is 22.7 Å². The number of ether oxygens (including phenoxy) is 2. The number of nitrogens with zero attached hydrogens (tertiary/aromatic N) is 2. The summed E-state index contributed by atoms with van der Waals surface area (Å²) in [5.41, 5.74) is 3.56. The maximum Gasteiger partial charge on any atom is 0.163 e. The molecule has 0 amide bonds. The molecule has 0 saturated heterocycles. The molecule has 4 atom stereocenters. The summed E-state index contributed by atoms with van der Waals surface area (Å²) in [6.45, 7) is 20.3. The molecule has 0 bridgehead atoms. The Balaban J connectivity index is 1.39. The Morgan fingerprint density at radius 2 is 0.827 bits per heavy atom. The average molecular weight is 747 g/mol. The van der Waals surface area contributed by atoms with Crippen LogP contribution in [0.2, 0.25) is 0 Å². The lowest BCUT2D eigenvalue weighted by Crippen LogP contribution is -2.09. The molecule has 4 rings (SSSR count). The summed E-state index contributed by atoms with van der Waals surface area (Å²) in [4.78, 5) is 12.7. The lowest BCUT2D eigenvalue weighted by atomic mass is 9.93. The van der Waals surface area contributed by atoms with Crippen LogP contribution in [0, 0.1) is 35.5 Å². The zero-order chi connectivity index (χ0) is 37.3. The molecule has 3 aromatic heterocycles. The van der Waals surface area contributed by atoms with Crippen LogP contribution in [-0.2, 0) is 0 Å². The van der Waals surface area contributed by atoms with Crippen molar-refractivity contribution in [3.63, 3.8) is 0 Å². The van der Waals surface area contributed by atoms with Crippen molar-refractivity contribution in [2.24, 2.45) is 35.5 Å². The molecule has 0 aliphatic rings. The SMILES string of the molecule is CC(C)CCC[C@H](C)CCC[C@H](C)CCOc1cc2nc(-c3cccs3)c(-c3cccs3)nc2cc1OCC[C@@H](C)CCC[C@@H](C)CCCC(C)C. The lowest BCUT2D eigenvalue weighted by Gasteiger charge is -2.18. The first-order valence-corrected chi connectivity index (χ1v) is 22.5. The summed E-state index contributed by atoms with van der Waals surface area (Å²) in [6.07, 6.45) is 18.0. The number of aromatic nitrogens is 2. The Morgan fingerprint density at radius 1 is 0.481 bits per heavy atom. The second kappa shape index (κ2) is 22.7. The van der Waals surface area contributed by atoms with Gasteiger partial charge in [0.15, 0.2) is 11.5 Å². The standard InChI is InChI=1S/C46H70N2O2S2/c1-33(2)15-9-17-35(5)19-11-21-37(7)25-27-49-41-31-39-40(48-46(44-24-14-30-52-44)45(47-39)43-23-13-29-51-43)32-42(41)50-28-26-38(8)22-12-20-36(6)18-10-16-34(3)4/h13-14,23-24,29-38H,9-12,15-22,25-28H2,1-8H3/t35-,36-,37-,38-/m0/s1. The molecule has 0 N–H and O–H groups in total. The van der Waals surface area contributed by atoms with Crippen LogP contribution in [0.15, 0.2) is 47.2 Å². The third kappa shape index (κ3) is 14.8. The highest BCUT2D eigenvalue weighted by atomic mass is 32.1. The molecule has 6 heteroatoms. The van der Waals surface area contributed by atoms with E-state index in [1.165, 1.54) is 77.0 Å². The highest BCUT2D eigenvalue weighted by Gasteiger charge is 2.18. The Hall–Kier alpha value is -2.44. The van der Waals surface area contributed by atoms with E-state index in [9.17, 15) is 0 Å². The average Bonchev–Trinajstić information content (AvgIpc) is 3.83. The van der Waals surface area contributed by atoms with Gasteiger partial charge in [-0.25, -0.2) is 9.97 Å². The van der Waals surface area contributed by atoms with Crippen LogP contribution >= 0.6 is 22.7 Å². The molecule has 52 heavy (non-hydrogen) atoms. The van der Waals surface area contributed by atoms with Crippen molar-refractivity contribution in [3.8, 4) is 32.6 Å². The van der Waals surface area contributed by atoms with Gasteiger partial charge >= 0.3 is 0 Å². The molecule has 0 unspecified atom stereocenters. The van der Waals surface area contributed by atoms with Crippen molar-refractivity contribution in [2.75, 3.05) is 13.2 Å². The molecule has 0 aliphatic carbocycles. The van der Waals surface area contributed by atoms with Crippen molar-refractivity contribution >= 4 is 33.7 Å². The molecule has 0 fully saturated rings. The first-order chi connectivity index (χ1) is 25.1. The molecule has 0 saturated carbocycles. The predicted octanol–water partition coefficient (Wildman–Crippen LogP) is 15.2. The number of hydrogen-bond acceptors (Lipinski definition) is 6. The summed E-state index contributed by atoms with van der Waals surface area (Å²) in [5.74, 6) is 6.12. The largest absolute Gasteiger partial charge is 0.490 e. The summed E-state index contributed by atoms with van der Waals surface area (Å²) in [6, 6.07) is 12.6. The van der Waals surface area contributed by atoms with Gasteiger partial charge in [-0.05, 0) is 71.2 Å². The summed E-state index contributed by atoms with van der Waals surface area (Å²) >= 11 is 3.41. The molecular formula is C46H70N2O2S2. The third-order valence-electron chi connectivity index (χ3n) is 10.7. The maximum atomic E-state index is 6.56. The van der Waals surface area contributed by atoms with Gasteiger partial charge in [0.2, 0.25) is 0 Å². The highest BCUT2D eigenvalue weighted by molar-refractivity contribution is 7.14. The van der Waals surface area contributed by atoms with E-state index < -0.39 is 0 Å². The highest BCUT2D eigenvalue weighted by Crippen LogP contribution is 2.39. The van der Waals surface area contributed by atoms with Crippen LogP contribution in [-0.4, -0.2) is 23.2 Å². The van der Waals surface area contributed by atoms with Crippen LogP contribution in [0.4, 0.5) is 0 Å². The maximum absolute atomic E-state index is 6.56. The van der Waals surface area contributed by atoms with Crippen molar-refractivity contribution < 1.29 is 9.47 Å². The van der Waals surface area contributed by atoms with Gasteiger partial charge in [0.1, 0.15) is 11.4 Å². The van der Waals surface area contributed by atoms with E-state index in [4.69, 9.17) is 19.4 Å². The van der Waals surface area contributed by atoms with E-state index in [1.807, 2.05) is 0 Å². The number of fused-ring (bicyclic) bond motifs is 1. The first kappa shape index (κ1) is 42.3. The zero-order valence-corrected chi connectivity index (χ0v) is 35.6. The molecule has 288 valence electrons. The molecule has 4 nitrogen and oxygen atoms in total. The van der Waals surface area contributed by atoms with Gasteiger partial charge in [-0.3, -0.25) is 0 Å². The van der Waals surface area contributed by atoms with Gasteiger partial charge in [-0.1, -0.05) is 145 Å². The van der Waals surface area contributed by atoms with Gasteiger partial charge in [0.05, 0.1) is 34.0 Å². The molecule has 0 aliphatic heterocycles. The van der Waals surface area contributed by atoms with Gasteiger partial charge in [0.25, 0.3) is 0 Å². The van der Waals surface area contributed by atoms with Crippen LogP contribution < -0.4 is 9.47 Å². The topological polar surface area (TPSA) is 44.2 Å². The second-order valence-electron chi connectivity index (χ2n) is 16.9. The summed E-state index contributed by atoms with van der Waals surface area (Å²) < 4.78 is 13.1. The van der Waals surface area contributed by atoms with Crippen LogP contribution in [0.5, 0.6) is 11.5 Å². The molecule has 0 spiro atoms. The van der Waals surface area contributed by atoms with Crippen LogP contribution in [0.3, 0.4) is 0 Å². The Labute approximate surface area is 325 Å². The summed E-state index contributed by atoms with van der Waals surface area (Å²) in [7, 11) is 0. The molecular weight excluding hydrogens is 677 g/mol. The fourth-order valence-corrected chi connectivity index (χ4v) is 8.59. The van der Waals surface area contributed by atoms with Gasteiger partial charge in [0, 0.05) is 12.1 Å². The van der Waals surface area contributed by atoms with E-state index in [0.717, 1.165) is 80.2 Å². The van der Waals surface area contributed by atoms with Crippen molar-refractivity contribution in [1.29, 1.82) is 0 Å². The lowest BCUT2D eigenvalue weighted by molar-refractivity contribution is 0.237. The van der Waals surface area contributed by atoms with Crippen molar-refractivity contribution in [2.45, 2.75) is 145 Å². The minimum Gasteiger partial charge on any atom is -0.490 e. The number of thiophene rings is 2. The molecule has 0 radical (unpaired) electrons. The van der Waals surface area contributed by atoms with Gasteiger partial charge < -0.3 is 9.47 Å². The fraction of sp³-hybridized carbons (Fsp3) is 0.652. The van der Waals surface area contributed by atoms with E-state index >= 15 is 0 Å². The van der Waals surface area contributed by atoms with Crippen molar-refractivity contribution in [3.05, 3.63) is 47.2 Å². The van der Waals surface area contributed by atoms with E-state index in [-0.39, 0.29) is 0 Å². The Kier molecular flexibility index (Phi) is 18.5. The third-order valence-corrected chi connectivity index (χ3v) is 12.5. The normalized spacial score (nSPS) is 14.3. The Bertz CT molecular complexity index is 1420. The zero-order valence-electron chi connectivity index (χ0n) is 33.9. The quantitative estimate of drug-likeness (QED) is 0.0642. The minimum atomic E-state index is 0.630. The van der Waals surface area contributed by atoms with Crippen LogP contribution in [0.1, 0.15) is 145 Å². The number of hydrogen-bond donors (Lipinski definition) is 0. The molecule has 3 heterocycles. The van der Waals surface area contributed by atoms with Gasteiger partial charge in [-0.15, -0.1) is 22.7 Å². The van der Waals surface area contributed by atoms with Crippen molar-refractivity contribution in [1.82, 2.24) is 9.97 Å². The molecule has 4 aromatic rings. The smallest absolute Gasteiger partial charge is 0.163 e. The molecule has 1 aromatic carbocycles. The van der Waals surface area contributed by atoms with Crippen LogP contribution in [0.25, 0.3) is 32.2 Å². The van der Waals surface area contributed by atoms with E-state index in [0.29, 0.717) is 25.0 Å². The fourth-order valence-electron chi connectivity index (χ4n) is 7.16. The predicted molar refractivity (Wildman–Crippen MR) is 228 cm³/mol. The Morgan fingerprint density at radius 3 is 1.15 bits per heavy atom. The monoisotopic (exact) mass is 746 g/mol.